The van der Waals surface area contributed by atoms with Crippen LogP contribution in [0, 0.1) is 6.92 Å². The smallest absolute Gasteiger partial charge is 0.277 e. The molecule has 1 N–H and O–H groups in total. The molecule has 130 valence electrons. The van der Waals surface area contributed by atoms with Crippen LogP contribution in [-0.2, 0) is 4.79 Å². The van der Waals surface area contributed by atoms with Crippen molar-refractivity contribution in [1.29, 1.82) is 0 Å². The van der Waals surface area contributed by atoms with Gasteiger partial charge in [-0.25, -0.2) is 5.43 Å². The van der Waals surface area contributed by atoms with Gasteiger partial charge in [-0.05, 0) is 48.9 Å². The van der Waals surface area contributed by atoms with Gasteiger partial charge in [-0.1, -0.05) is 29.8 Å². The second kappa shape index (κ2) is 9.49. The number of aryl methyl sites for hydroxylation is 1. The molecular weight excluding hydrogens is 340 g/mol. The van der Waals surface area contributed by atoms with Gasteiger partial charge in [0.25, 0.3) is 5.91 Å². The number of nitrogens with one attached hydrogen (secondary N) is 1. The highest BCUT2D eigenvalue weighted by Crippen LogP contribution is 2.21. The van der Waals surface area contributed by atoms with E-state index in [-0.39, 0.29) is 12.5 Å². The summed E-state index contributed by atoms with van der Waals surface area (Å²) in [5.74, 6) is 1.03. The third-order valence-electron chi connectivity index (χ3n) is 3.26. The van der Waals surface area contributed by atoms with Crippen LogP contribution >= 0.6 is 11.6 Å². The van der Waals surface area contributed by atoms with Gasteiger partial charge in [0, 0.05) is 16.8 Å². The average molecular weight is 359 g/mol. The quantitative estimate of drug-likeness (QED) is 0.604. The van der Waals surface area contributed by atoms with E-state index in [1.165, 1.54) is 6.21 Å². The molecule has 1 amide bonds. The Hall–Kier alpha value is -2.79. The van der Waals surface area contributed by atoms with Crippen LogP contribution in [0.4, 0.5) is 0 Å². The molecule has 0 spiro atoms. The van der Waals surface area contributed by atoms with Crippen LogP contribution in [0.15, 0.2) is 53.6 Å². The number of rotatable bonds is 7. The molecule has 0 atom stereocenters. The van der Waals surface area contributed by atoms with E-state index in [9.17, 15) is 4.79 Å². The Bertz CT molecular complexity index is 788. The first kappa shape index (κ1) is 18.5. The van der Waals surface area contributed by atoms with Gasteiger partial charge in [-0.2, -0.15) is 5.10 Å². The van der Waals surface area contributed by atoms with Crippen LogP contribution in [-0.4, -0.2) is 25.8 Å². The SMILES string of the molecule is COc1ccccc1/C=C/C=N\NC(=O)COc1ccc(Cl)cc1C. The molecule has 2 aromatic carbocycles. The van der Waals surface area contributed by atoms with Crippen molar-refractivity contribution in [3.05, 3.63) is 64.7 Å². The van der Waals surface area contributed by atoms with Gasteiger partial charge in [0.15, 0.2) is 6.61 Å². The lowest BCUT2D eigenvalue weighted by Gasteiger charge is -2.08. The molecule has 0 unspecified atom stereocenters. The molecule has 2 aromatic rings. The number of ether oxygens (including phenoxy) is 2. The molecule has 0 saturated carbocycles. The summed E-state index contributed by atoms with van der Waals surface area (Å²) in [5, 5.41) is 4.46. The second-order valence-corrected chi connectivity index (χ2v) is 5.55. The number of allylic oxidation sites excluding steroid dienone is 1. The second-order valence-electron chi connectivity index (χ2n) is 5.11. The van der Waals surface area contributed by atoms with Crippen LogP contribution in [0.2, 0.25) is 5.02 Å². The number of halogens is 1. The zero-order chi connectivity index (χ0) is 18.1. The van der Waals surface area contributed by atoms with E-state index < -0.39 is 0 Å². The highest BCUT2D eigenvalue weighted by atomic mass is 35.5. The van der Waals surface area contributed by atoms with Crippen molar-refractivity contribution in [2.24, 2.45) is 5.10 Å². The first-order chi connectivity index (χ1) is 12.1. The number of nitrogens with zero attached hydrogens (tertiary/aromatic N) is 1. The van der Waals surface area contributed by atoms with Crippen molar-refractivity contribution in [2.75, 3.05) is 13.7 Å². The van der Waals surface area contributed by atoms with Gasteiger partial charge in [0.05, 0.1) is 7.11 Å². The molecule has 0 saturated heterocycles. The molecule has 0 radical (unpaired) electrons. The number of para-hydroxylation sites is 1. The van der Waals surface area contributed by atoms with Crippen molar-refractivity contribution < 1.29 is 14.3 Å². The highest BCUT2D eigenvalue weighted by molar-refractivity contribution is 6.30. The Labute approximate surface area is 151 Å². The number of hydrazone groups is 1. The lowest BCUT2D eigenvalue weighted by molar-refractivity contribution is -0.123. The third kappa shape index (κ3) is 5.97. The van der Waals surface area contributed by atoms with Crippen LogP contribution < -0.4 is 14.9 Å². The average Bonchev–Trinajstić information content (AvgIpc) is 2.61. The summed E-state index contributed by atoms with van der Waals surface area (Å²) in [4.78, 5) is 11.7. The topological polar surface area (TPSA) is 59.9 Å². The summed E-state index contributed by atoms with van der Waals surface area (Å²) in [5.41, 5.74) is 4.18. The van der Waals surface area contributed by atoms with E-state index in [4.69, 9.17) is 21.1 Å². The van der Waals surface area contributed by atoms with Gasteiger partial charge < -0.3 is 9.47 Å². The summed E-state index contributed by atoms with van der Waals surface area (Å²) in [6.45, 7) is 1.73. The number of hydrogen-bond donors (Lipinski definition) is 1. The van der Waals surface area contributed by atoms with Gasteiger partial charge in [0.1, 0.15) is 11.5 Å². The Morgan fingerprint density at radius 2 is 2.04 bits per heavy atom. The fourth-order valence-electron chi connectivity index (χ4n) is 2.05. The van der Waals surface area contributed by atoms with E-state index in [0.717, 1.165) is 16.9 Å². The number of benzene rings is 2. The minimum Gasteiger partial charge on any atom is -0.496 e. The fraction of sp³-hybridized carbons (Fsp3) is 0.158. The summed E-state index contributed by atoms with van der Waals surface area (Å²) >= 11 is 5.87. The molecule has 0 fully saturated rings. The maximum Gasteiger partial charge on any atom is 0.277 e. The number of carbonyl (C=O) groups excluding carboxylic acids is 1. The van der Waals surface area contributed by atoms with Crippen LogP contribution in [0.1, 0.15) is 11.1 Å². The molecular formula is C19H19ClN2O3. The van der Waals surface area contributed by atoms with Gasteiger partial charge in [-0.3, -0.25) is 4.79 Å². The highest BCUT2D eigenvalue weighted by Gasteiger charge is 2.04. The standard InChI is InChI=1S/C19H19ClN2O3/c1-14-12-16(20)9-10-17(14)25-13-19(23)22-21-11-5-7-15-6-3-4-8-18(15)24-2/h3-12H,13H2,1-2H3,(H,22,23)/b7-5+,21-11-. The van der Waals surface area contributed by atoms with E-state index in [1.807, 2.05) is 37.3 Å². The van der Waals surface area contributed by atoms with Crippen molar-refractivity contribution in [2.45, 2.75) is 6.92 Å². The van der Waals surface area contributed by atoms with E-state index in [2.05, 4.69) is 10.5 Å². The predicted molar refractivity (Wildman–Crippen MR) is 100 cm³/mol. The third-order valence-corrected chi connectivity index (χ3v) is 3.50. The summed E-state index contributed by atoms with van der Waals surface area (Å²) in [7, 11) is 1.61. The summed E-state index contributed by atoms with van der Waals surface area (Å²) < 4.78 is 10.7. The molecule has 0 aliphatic heterocycles. The Morgan fingerprint density at radius 3 is 2.80 bits per heavy atom. The monoisotopic (exact) mass is 358 g/mol. The first-order valence-electron chi connectivity index (χ1n) is 7.60. The van der Waals surface area contributed by atoms with E-state index >= 15 is 0 Å². The van der Waals surface area contributed by atoms with Gasteiger partial charge in [-0.15, -0.1) is 0 Å². The fourth-order valence-corrected chi connectivity index (χ4v) is 2.28. The van der Waals surface area contributed by atoms with Crippen molar-refractivity contribution in [3.63, 3.8) is 0 Å². The summed E-state index contributed by atoms with van der Waals surface area (Å²) in [6.07, 6.45) is 5.03. The minimum absolute atomic E-state index is 0.129. The van der Waals surface area contributed by atoms with Crippen molar-refractivity contribution in [3.8, 4) is 11.5 Å². The first-order valence-corrected chi connectivity index (χ1v) is 7.98. The van der Waals surface area contributed by atoms with Crippen molar-refractivity contribution >= 4 is 29.8 Å². The summed E-state index contributed by atoms with van der Waals surface area (Å²) in [6, 6.07) is 12.8. The Kier molecular flexibility index (Phi) is 7.04. The maximum absolute atomic E-state index is 11.7. The van der Waals surface area contributed by atoms with Crippen LogP contribution in [0.3, 0.4) is 0 Å². The van der Waals surface area contributed by atoms with Crippen LogP contribution in [0.25, 0.3) is 6.08 Å². The number of amides is 1. The molecule has 6 heteroatoms. The predicted octanol–water partition coefficient (Wildman–Crippen LogP) is 3.85. The zero-order valence-electron chi connectivity index (χ0n) is 14.0. The number of carbonyl (C=O) groups is 1. The van der Waals surface area contributed by atoms with Gasteiger partial charge in [0.2, 0.25) is 0 Å². The molecule has 0 aliphatic carbocycles. The lowest BCUT2D eigenvalue weighted by Crippen LogP contribution is -2.24. The molecule has 0 aromatic heterocycles. The van der Waals surface area contributed by atoms with Gasteiger partial charge >= 0.3 is 0 Å². The lowest BCUT2D eigenvalue weighted by atomic mass is 10.2. The molecule has 25 heavy (non-hydrogen) atoms. The van der Waals surface area contributed by atoms with Crippen LogP contribution in [0.5, 0.6) is 11.5 Å². The van der Waals surface area contributed by atoms with E-state index in [0.29, 0.717) is 10.8 Å². The minimum atomic E-state index is -0.351. The van der Waals surface area contributed by atoms with E-state index in [1.54, 1.807) is 31.4 Å². The Balaban J connectivity index is 1.79. The largest absolute Gasteiger partial charge is 0.496 e. The zero-order valence-corrected chi connectivity index (χ0v) is 14.8. The number of hydrogen-bond acceptors (Lipinski definition) is 4. The molecule has 2 rings (SSSR count). The molecule has 0 heterocycles. The molecule has 0 bridgehead atoms. The molecule has 0 aliphatic rings. The normalized spacial score (nSPS) is 11.0. The van der Waals surface area contributed by atoms with Crippen molar-refractivity contribution in [1.82, 2.24) is 5.43 Å². The maximum atomic E-state index is 11.7. The number of methoxy groups -OCH3 is 1. The molecule has 5 nitrogen and oxygen atoms in total. The Morgan fingerprint density at radius 1 is 1.24 bits per heavy atom.